The normalized spacial score (nSPS) is 12.8. The van der Waals surface area contributed by atoms with Crippen LogP contribution in [0.3, 0.4) is 0 Å². The lowest BCUT2D eigenvalue weighted by atomic mass is 10.1. The number of hydrogen-bond acceptors (Lipinski definition) is 6. The van der Waals surface area contributed by atoms with Crippen LogP contribution in [-0.4, -0.2) is 33.2 Å². The van der Waals surface area contributed by atoms with Gasteiger partial charge < -0.3 is 10.1 Å². The van der Waals surface area contributed by atoms with Crippen LogP contribution in [-0.2, 0) is 19.4 Å². The van der Waals surface area contributed by atoms with Crippen molar-refractivity contribution in [1.82, 2.24) is 25.5 Å². The fraction of sp³-hybridized carbons (Fsp3) is 0.294. The fourth-order valence-electron chi connectivity index (χ4n) is 3.05. The van der Waals surface area contributed by atoms with Gasteiger partial charge in [0.05, 0.1) is 12.7 Å². The van der Waals surface area contributed by atoms with Crippen molar-refractivity contribution in [2.75, 3.05) is 7.11 Å². The summed E-state index contributed by atoms with van der Waals surface area (Å²) in [6.07, 6.45) is 4.57. The van der Waals surface area contributed by atoms with Gasteiger partial charge in [0.15, 0.2) is 0 Å². The molecule has 25 heavy (non-hydrogen) atoms. The molecule has 1 aliphatic carbocycles. The molecule has 0 saturated heterocycles. The van der Waals surface area contributed by atoms with Crippen LogP contribution in [0, 0.1) is 0 Å². The number of nitrogens with zero attached hydrogens (tertiary/aromatic N) is 4. The van der Waals surface area contributed by atoms with E-state index in [1.165, 1.54) is 11.2 Å². The lowest BCUT2D eigenvalue weighted by Gasteiger charge is -2.08. The van der Waals surface area contributed by atoms with Gasteiger partial charge in [-0.3, -0.25) is 4.79 Å². The van der Waals surface area contributed by atoms with Gasteiger partial charge in [-0.15, -0.1) is 16.4 Å². The van der Waals surface area contributed by atoms with Gasteiger partial charge in [-0.2, -0.15) is 4.68 Å². The molecule has 0 atom stereocenters. The molecule has 2 heterocycles. The Labute approximate surface area is 148 Å². The van der Waals surface area contributed by atoms with E-state index in [1.807, 2.05) is 24.3 Å². The van der Waals surface area contributed by atoms with E-state index < -0.39 is 0 Å². The number of benzene rings is 1. The van der Waals surface area contributed by atoms with E-state index in [0.717, 1.165) is 41.1 Å². The Morgan fingerprint density at radius 2 is 2.16 bits per heavy atom. The molecular weight excluding hydrogens is 338 g/mol. The number of aryl methyl sites for hydroxylation is 1. The number of rotatable bonds is 5. The largest absolute Gasteiger partial charge is 0.497 e. The Bertz CT molecular complexity index is 887. The van der Waals surface area contributed by atoms with Crippen molar-refractivity contribution in [2.45, 2.75) is 25.8 Å². The first-order chi connectivity index (χ1) is 12.3. The molecular formula is C17H17N5O2S. The van der Waals surface area contributed by atoms with Gasteiger partial charge in [0.1, 0.15) is 17.1 Å². The molecule has 4 rings (SSSR count). The molecule has 2 aromatic heterocycles. The van der Waals surface area contributed by atoms with Crippen molar-refractivity contribution in [3.05, 3.63) is 52.2 Å². The second kappa shape index (κ2) is 6.64. The zero-order valence-electron chi connectivity index (χ0n) is 13.7. The van der Waals surface area contributed by atoms with Crippen LogP contribution in [0.15, 0.2) is 30.6 Å². The number of carbonyl (C=O) groups is 1. The molecule has 128 valence electrons. The van der Waals surface area contributed by atoms with Gasteiger partial charge in [-0.05, 0) is 52.9 Å². The number of hydrogen-bond donors (Lipinski definition) is 1. The first-order valence-electron chi connectivity index (χ1n) is 8.05. The predicted octanol–water partition coefficient (Wildman–Crippen LogP) is 2.15. The number of ether oxygens (including phenoxy) is 1. The predicted molar refractivity (Wildman–Crippen MR) is 93.2 cm³/mol. The highest BCUT2D eigenvalue weighted by Gasteiger charge is 2.27. The van der Waals surface area contributed by atoms with E-state index in [4.69, 9.17) is 4.74 Å². The van der Waals surface area contributed by atoms with E-state index in [9.17, 15) is 4.79 Å². The third-order valence-corrected chi connectivity index (χ3v) is 5.58. The minimum Gasteiger partial charge on any atom is -0.497 e. The summed E-state index contributed by atoms with van der Waals surface area (Å²) in [5.41, 5.74) is 2.87. The number of thiophene rings is 1. The standard InChI is InChI=1S/C17H17N5O2S/c1-24-12-7-5-11(6-8-12)9-18-16(23)15-13-3-2-4-14(13)25-17(15)22-10-19-20-21-22/h5-8,10H,2-4,9H2,1H3,(H,18,23). The van der Waals surface area contributed by atoms with E-state index in [-0.39, 0.29) is 5.91 Å². The van der Waals surface area contributed by atoms with Crippen LogP contribution in [0.5, 0.6) is 5.75 Å². The molecule has 0 fully saturated rings. The number of carbonyl (C=O) groups excluding carboxylic acids is 1. The van der Waals surface area contributed by atoms with Crippen molar-refractivity contribution in [3.63, 3.8) is 0 Å². The number of amides is 1. The quantitative estimate of drug-likeness (QED) is 0.758. The Hall–Kier alpha value is -2.74. The van der Waals surface area contributed by atoms with Crippen LogP contribution < -0.4 is 10.1 Å². The smallest absolute Gasteiger partial charge is 0.254 e. The zero-order chi connectivity index (χ0) is 17.2. The summed E-state index contributed by atoms with van der Waals surface area (Å²) in [6.45, 7) is 0.461. The molecule has 0 spiro atoms. The molecule has 3 aromatic rings. The second-order valence-corrected chi connectivity index (χ2v) is 6.91. The summed E-state index contributed by atoms with van der Waals surface area (Å²) in [7, 11) is 1.63. The minimum absolute atomic E-state index is 0.0827. The fourth-order valence-corrected chi connectivity index (χ4v) is 4.36. The molecule has 1 N–H and O–H groups in total. The van der Waals surface area contributed by atoms with Gasteiger partial charge in [0, 0.05) is 11.4 Å². The lowest BCUT2D eigenvalue weighted by Crippen LogP contribution is -2.24. The zero-order valence-corrected chi connectivity index (χ0v) is 14.5. The average Bonchev–Trinajstić information content (AvgIpc) is 3.35. The highest BCUT2D eigenvalue weighted by atomic mass is 32.1. The molecule has 0 bridgehead atoms. The number of tetrazole rings is 1. The summed E-state index contributed by atoms with van der Waals surface area (Å²) in [5.74, 6) is 0.715. The minimum atomic E-state index is -0.0827. The molecule has 1 aliphatic rings. The van der Waals surface area contributed by atoms with E-state index in [1.54, 1.807) is 23.1 Å². The highest BCUT2D eigenvalue weighted by molar-refractivity contribution is 7.15. The number of fused-ring (bicyclic) bond motifs is 1. The lowest BCUT2D eigenvalue weighted by molar-refractivity contribution is 0.0950. The average molecular weight is 355 g/mol. The molecule has 8 heteroatoms. The number of methoxy groups -OCH3 is 1. The Balaban J connectivity index is 1.57. The van der Waals surface area contributed by atoms with Crippen LogP contribution in [0.1, 0.15) is 32.8 Å². The van der Waals surface area contributed by atoms with Crippen molar-refractivity contribution in [2.24, 2.45) is 0 Å². The molecule has 1 aromatic carbocycles. The molecule has 7 nitrogen and oxygen atoms in total. The van der Waals surface area contributed by atoms with Crippen molar-refractivity contribution in [1.29, 1.82) is 0 Å². The Kier molecular flexibility index (Phi) is 4.19. The van der Waals surface area contributed by atoms with Crippen LogP contribution in [0.4, 0.5) is 0 Å². The molecule has 0 aliphatic heterocycles. The summed E-state index contributed by atoms with van der Waals surface area (Å²) in [6, 6.07) is 7.66. The van der Waals surface area contributed by atoms with Crippen LogP contribution in [0.25, 0.3) is 5.00 Å². The van der Waals surface area contributed by atoms with Crippen LogP contribution in [0.2, 0.25) is 0 Å². The van der Waals surface area contributed by atoms with E-state index in [2.05, 4.69) is 20.8 Å². The topological polar surface area (TPSA) is 81.9 Å². The molecule has 0 saturated carbocycles. The number of nitrogens with one attached hydrogen (secondary N) is 1. The third kappa shape index (κ3) is 3.00. The summed E-state index contributed by atoms with van der Waals surface area (Å²) >= 11 is 1.60. The highest BCUT2D eigenvalue weighted by Crippen LogP contribution is 2.37. The van der Waals surface area contributed by atoms with Crippen molar-refractivity contribution < 1.29 is 9.53 Å². The molecule has 1 amide bonds. The van der Waals surface area contributed by atoms with E-state index in [0.29, 0.717) is 12.1 Å². The maximum absolute atomic E-state index is 12.9. The summed E-state index contributed by atoms with van der Waals surface area (Å²) in [4.78, 5) is 14.1. The number of aromatic nitrogens is 4. The maximum Gasteiger partial charge on any atom is 0.254 e. The third-order valence-electron chi connectivity index (χ3n) is 4.30. The first kappa shape index (κ1) is 15.8. The SMILES string of the molecule is COc1ccc(CNC(=O)c2c(-n3cnnn3)sc3c2CCC3)cc1. The van der Waals surface area contributed by atoms with Gasteiger partial charge in [-0.1, -0.05) is 12.1 Å². The van der Waals surface area contributed by atoms with Crippen LogP contribution >= 0.6 is 11.3 Å². The first-order valence-corrected chi connectivity index (χ1v) is 8.87. The van der Waals surface area contributed by atoms with Crippen molar-refractivity contribution in [3.8, 4) is 10.8 Å². The Morgan fingerprint density at radius 1 is 1.32 bits per heavy atom. The monoisotopic (exact) mass is 355 g/mol. The summed E-state index contributed by atoms with van der Waals surface area (Å²) in [5, 5.41) is 15.1. The van der Waals surface area contributed by atoms with Crippen molar-refractivity contribution >= 4 is 17.2 Å². The Morgan fingerprint density at radius 3 is 2.88 bits per heavy atom. The van der Waals surface area contributed by atoms with Gasteiger partial charge >= 0.3 is 0 Å². The van der Waals surface area contributed by atoms with E-state index >= 15 is 0 Å². The molecule has 0 unspecified atom stereocenters. The van der Waals surface area contributed by atoms with Gasteiger partial charge in [-0.25, -0.2) is 0 Å². The molecule has 0 radical (unpaired) electrons. The maximum atomic E-state index is 12.9. The second-order valence-electron chi connectivity index (χ2n) is 5.82. The van der Waals surface area contributed by atoms with Gasteiger partial charge in [0.2, 0.25) is 0 Å². The van der Waals surface area contributed by atoms with Gasteiger partial charge in [0.25, 0.3) is 5.91 Å². The summed E-state index contributed by atoms with van der Waals surface area (Å²) < 4.78 is 6.73.